The van der Waals surface area contributed by atoms with Gasteiger partial charge in [0.2, 0.25) is 0 Å². The molecule has 0 aromatic carbocycles. The summed E-state index contributed by atoms with van der Waals surface area (Å²) in [4.78, 5) is 0. The Morgan fingerprint density at radius 2 is 2.09 bits per heavy atom. The summed E-state index contributed by atoms with van der Waals surface area (Å²) in [6.07, 6.45) is 5.89. The van der Waals surface area contributed by atoms with E-state index in [0.29, 0.717) is 5.92 Å². The average Bonchev–Trinajstić information content (AvgIpc) is 2.03. The summed E-state index contributed by atoms with van der Waals surface area (Å²) in [5.74, 6) is 6.02. The molecule has 0 aliphatic heterocycles. The van der Waals surface area contributed by atoms with Crippen LogP contribution in [0, 0.1) is 24.2 Å². The van der Waals surface area contributed by atoms with E-state index in [2.05, 4.69) is 18.3 Å². The first kappa shape index (κ1) is 8.59. The third-order valence-corrected chi connectivity index (χ3v) is 1.92. The normalized spacial score (nSPS) is 22.0. The van der Waals surface area contributed by atoms with Gasteiger partial charge in [-0.05, 0) is 39.0 Å². The third-order valence-electron chi connectivity index (χ3n) is 1.92. The maximum Gasteiger partial charge on any atom is 0.157 e. The van der Waals surface area contributed by atoms with Gasteiger partial charge in [-0.25, -0.2) is 4.39 Å². The van der Waals surface area contributed by atoms with Crippen LogP contribution in [-0.2, 0) is 0 Å². The number of alkyl halides is 1. The fourth-order valence-corrected chi connectivity index (χ4v) is 1.30. The molecule has 1 fully saturated rings. The van der Waals surface area contributed by atoms with E-state index in [1.54, 1.807) is 0 Å². The Hall–Kier alpha value is -0.510. The highest BCUT2D eigenvalue weighted by Gasteiger charge is 2.10. The minimum absolute atomic E-state index is 0.457. The highest BCUT2D eigenvalue weighted by molar-refractivity contribution is 5.08. The Labute approximate surface area is 68.2 Å². The number of hydrogen-bond acceptors (Lipinski definition) is 0. The molecule has 0 heterocycles. The van der Waals surface area contributed by atoms with Crippen molar-refractivity contribution in [1.82, 2.24) is 0 Å². The molecule has 1 saturated carbocycles. The van der Waals surface area contributed by atoms with E-state index in [-0.39, 0.29) is 0 Å². The van der Waals surface area contributed by atoms with E-state index in [0.717, 1.165) is 25.7 Å². The molecule has 11 heavy (non-hydrogen) atoms. The van der Waals surface area contributed by atoms with Crippen molar-refractivity contribution >= 4 is 0 Å². The van der Waals surface area contributed by atoms with Crippen LogP contribution in [0.15, 0.2) is 0 Å². The van der Waals surface area contributed by atoms with Crippen LogP contribution in [0.25, 0.3) is 0 Å². The van der Waals surface area contributed by atoms with Gasteiger partial charge in [0.15, 0.2) is 6.17 Å². The molecule has 1 atom stereocenters. The van der Waals surface area contributed by atoms with Crippen molar-refractivity contribution in [2.24, 2.45) is 5.92 Å². The van der Waals surface area contributed by atoms with Gasteiger partial charge in [0.25, 0.3) is 0 Å². The molecule has 0 amide bonds. The standard InChI is InChI=1S/C10H14F/c1-9(11)7-8-10-5-3-2-4-6-10/h2,9-10H,3-6H2,1H3. The van der Waals surface area contributed by atoms with Crippen LogP contribution in [0.5, 0.6) is 0 Å². The summed E-state index contributed by atoms with van der Waals surface area (Å²) < 4.78 is 12.3. The van der Waals surface area contributed by atoms with Crippen molar-refractivity contribution in [3.63, 3.8) is 0 Å². The zero-order valence-corrected chi connectivity index (χ0v) is 6.94. The molecular formula is C10H14F. The van der Waals surface area contributed by atoms with Crippen LogP contribution in [0.3, 0.4) is 0 Å². The van der Waals surface area contributed by atoms with Gasteiger partial charge in [0.1, 0.15) is 0 Å². The van der Waals surface area contributed by atoms with Crippen LogP contribution in [0.1, 0.15) is 32.6 Å². The Kier molecular flexibility index (Phi) is 3.42. The van der Waals surface area contributed by atoms with E-state index in [1.807, 2.05) is 0 Å². The minimum Gasteiger partial charge on any atom is -0.234 e. The van der Waals surface area contributed by atoms with E-state index in [1.165, 1.54) is 6.92 Å². The fourth-order valence-electron chi connectivity index (χ4n) is 1.30. The van der Waals surface area contributed by atoms with Crippen LogP contribution >= 0.6 is 0 Å². The zero-order valence-electron chi connectivity index (χ0n) is 6.94. The molecule has 0 spiro atoms. The molecule has 1 radical (unpaired) electrons. The second kappa shape index (κ2) is 4.38. The molecule has 61 valence electrons. The lowest BCUT2D eigenvalue weighted by molar-refractivity contribution is 0.440. The summed E-state index contributed by atoms with van der Waals surface area (Å²) >= 11 is 0. The summed E-state index contributed by atoms with van der Waals surface area (Å²) in [6.45, 7) is 1.49. The van der Waals surface area contributed by atoms with Crippen molar-refractivity contribution in [2.75, 3.05) is 0 Å². The van der Waals surface area contributed by atoms with Gasteiger partial charge in [-0.3, -0.25) is 0 Å². The molecule has 0 aromatic rings. The van der Waals surface area contributed by atoms with E-state index in [9.17, 15) is 4.39 Å². The Balaban J connectivity index is 2.31. The first-order valence-corrected chi connectivity index (χ1v) is 4.26. The summed E-state index contributed by atoms with van der Waals surface area (Å²) in [5.41, 5.74) is 0. The first-order chi connectivity index (χ1) is 5.29. The highest BCUT2D eigenvalue weighted by Crippen LogP contribution is 2.21. The van der Waals surface area contributed by atoms with Gasteiger partial charge in [0.05, 0.1) is 0 Å². The van der Waals surface area contributed by atoms with Gasteiger partial charge in [-0.1, -0.05) is 11.8 Å². The molecule has 1 heteroatoms. The second-order valence-corrected chi connectivity index (χ2v) is 3.04. The van der Waals surface area contributed by atoms with Crippen molar-refractivity contribution in [1.29, 1.82) is 0 Å². The minimum atomic E-state index is -0.957. The lowest BCUT2D eigenvalue weighted by atomic mass is 9.90. The number of halogens is 1. The van der Waals surface area contributed by atoms with Gasteiger partial charge < -0.3 is 0 Å². The SMILES string of the molecule is CC(F)C#CC1CC[CH]CC1. The Morgan fingerprint density at radius 1 is 1.45 bits per heavy atom. The molecule has 0 bridgehead atoms. The van der Waals surface area contributed by atoms with Crippen molar-refractivity contribution in [3.05, 3.63) is 6.42 Å². The Morgan fingerprint density at radius 3 is 2.64 bits per heavy atom. The van der Waals surface area contributed by atoms with Gasteiger partial charge in [-0.2, -0.15) is 0 Å². The lowest BCUT2D eigenvalue weighted by Gasteiger charge is -2.15. The number of rotatable bonds is 0. The smallest absolute Gasteiger partial charge is 0.157 e. The van der Waals surface area contributed by atoms with E-state index in [4.69, 9.17) is 0 Å². The largest absolute Gasteiger partial charge is 0.234 e. The van der Waals surface area contributed by atoms with Crippen LogP contribution < -0.4 is 0 Å². The third kappa shape index (κ3) is 3.41. The van der Waals surface area contributed by atoms with E-state index >= 15 is 0 Å². The molecule has 1 aliphatic rings. The maximum absolute atomic E-state index is 12.3. The average molecular weight is 153 g/mol. The summed E-state index contributed by atoms with van der Waals surface area (Å²) in [5, 5.41) is 0. The molecule has 0 aromatic heterocycles. The molecule has 1 rings (SSSR count). The second-order valence-electron chi connectivity index (χ2n) is 3.04. The topological polar surface area (TPSA) is 0 Å². The van der Waals surface area contributed by atoms with E-state index < -0.39 is 6.17 Å². The molecule has 0 N–H and O–H groups in total. The van der Waals surface area contributed by atoms with Crippen LogP contribution in [0.4, 0.5) is 4.39 Å². The predicted octanol–water partition coefficient (Wildman–Crippen LogP) is 2.74. The number of hydrogen-bond donors (Lipinski definition) is 0. The van der Waals surface area contributed by atoms with Crippen LogP contribution in [-0.4, -0.2) is 6.17 Å². The predicted molar refractivity (Wildman–Crippen MR) is 44.6 cm³/mol. The first-order valence-electron chi connectivity index (χ1n) is 4.26. The highest BCUT2D eigenvalue weighted by atomic mass is 19.1. The molecule has 1 unspecified atom stereocenters. The Bertz CT molecular complexity index is 155. The van der Waals surface area contributed by atoms with Gasteiger partial charge >= 0.3 is 0 Å². The summed E-state index contributed by atoms with van der Waals surface area (Å²) in [7, 11) is 0. The van der Waals surface area contributed by atoms with Crippen molar-refractivity contribution in [2.45, 2.75) is 38.8 Å². The molecule has 0 nitrogen and oxygen atoms in total. The quantitative estimate of drug-likeness (QED) is 0.469. The van der Waals surface area contributed by atoms with Crippen molar-refractivity contribution < 1.29 is 4.39 Å². The summed E-state index contributed by atoms with van der Waals surface area (Å²) in [6, 6.07) is 0. The van der Waals surface area contributed by atoms with Gasteiger partial charge in [-0.15, -0.1) is 0 Å². The maximum atomic E-state index is 12.3. The molecular weight excluding hydrogens is 139 g/mol. The molecule has 1 aliphatic carbocycles. The molecule has 0 saturated heterocycles. The van der Waals surface area contributed by atoms with Crippen molar-refractivity contribution in [3.8, 4) is 11.8 Å². The lowest BCUT2D eigenvalue weighted by Crippen LogP contribution is -2.04. The monoisotopic (exact) mass is 153 g/mol. The fraction of sp³-hybridized carbons (Fsp3) is 0.700. The van der Waals surface area contributed by atoms with Gasteiger partial charge in [0, 0.05) is 5.92 Å². The zero-order chi connectivity index (χ0) is 8.10. The van der Waals surface area contributed by atoms with Crippen LogP contribution in [0.2, 0.25) is 0 Å².